The molecule has 0 aliphatic rings. The van der Waals surface area contributed by atoms with Crippen molar-refractivity contribution in [2.75, 3.05) is 19.6 Å². The van der Waals surface area contributed by atoms with E-state index in [9.17, 15) is 0 Å². The lowest BCUT2D eigenvalue weighted by molar-refractivity contribution is 0.153. The van der Waals surface area contributed by atoms with Gasteiger partial charge in [-0.1, -0.05) is 33.8 Å². The van der Waals surface area contributed by atoms with E-state index < -0.39 is 0 Å². The summed E-state index contributed by atoms with van der Waals surface area (Å²) in [7, 11) is 0. The molecule has 2 nitrogen and oxygen atoms in total. The van der Waals surface area contributed by atoms with Gasteiger partial charge in [0.05, 0.1) is 0 Å². The molecule has 1 unspecified atom stereocenters. The maximum absolute atomic E-state index is 3.49. The molecule has 0 aliphatic carbocycles. The van der Waals surface area contributed by atoms with Crippen LogP contribution in [-0.4, -0.2) is 30.6 Å². The van der Waals surface area contributed by atoms with E-state index in [0.29, 0.717) is 12.0 Å². The Hall–Kier alpha value is -0.380. The van der Waals surface area contributed by atoms with E-state index in [1.807, 2.05) is 11.3 Å². The summed E-state index contributed by atoms with van der Waals surface area (Å²) in [6.07, 6.45) is 0. The molecule has 1 aromatic heterocycles. The van der Waals surface area contributed by atoms with Gasteiger partial charge in [-0.25, -0.2) is 0 Å². The number of likely N-dealkylation sites (N-methyl/N-ethyl adjacent to an activating group) is 2. The summed E-state index contributed by atoms with van der Waals surface area (Å²) in [5.41, 5.74) is 0. The molecule has 0 saturated carbocycles. The van der Waals surface area contributed by atoms with Gasteiger partial charge in [0.15, 0.2) is 0 Å². The molecule has 1 aromatic rings. The maximum atomic E-state index is 3.49. The molecule has 0 aromatic carbocycles. The van der Waals surface area contributed by atoms with Crippen LogP contribution in [0.4, 0.5) is 0 Å². The Kier molecular flexibility index (Phi) is 6.78. The van der Waals surface area contributed by atoms with Gasteiger partial charge in [-0.2, -0.15) is 0 Å². The van der Waals surface area contributed by atoms with Gasteiger partial charge in [-0.05, 0) is 30.5 Å². The summed E-state index contributed by atoms with van der Waals surface area (Å²) < 4.78 is 0. The van der Waals surface area contributed by atoms with E-state index in [4.69, 9.17) is 0 Å². The minimum absolute atomic E-state index is 0.627. The molecule has 1 rings (SSSR count). The first-order valence-electron chi connectivity index (χ1n) is 6.66. The van der Waals surface area contributed by atoms with Crippen molar-refractivity contribution in [1.82, 2.24) is 10.2 Å². The molecular formula is C14H26N2S. The van der Waals surface area contributed by atoms with Crippen LogP contribution in [0.5, 0.6) is 0 Å². The summed E-state index contributed by atoms with van der Waals surface area (Å²) in [5, 5.41) is 5.65. The van der Waals surface area contributed by atoms with Crippen molar-refractivity contribution in [1.29, 1.82) is 0 Å². The SMILES string of the molecule is CCNCC(C(C)C)N(CC)Cc1cccs1. The van der Waals surface area contributed by atoms with Crippen LogP contribution >= 0.6 is 11.3 Å². The third-order valence-electron chi connectivity index (χ3n) is 3.19. The van der Waals surface area contributed by atoms with E-state index in [2.05, 4.69) is 55.4 Å². The highest BCUT2D eigenvalue weighted by atomic mass is 32.1. The van der Waals surface area contributed by atoms with Crippen LogP contribution < -0.4 is 5.32 Å². The third kappa shape index (κ3) is 4.78. The summed E-state index contributed by atoms with van der Waals surface area (Å²) >= 11 is 1.86. The predicted octanol–water partition coefficient (Wildman–Crippen LogP) is 3.20. The van der Waals surface area contributed by atoms with Crippen molar-refractivity contribution < 1.29 is 0 Å². The van der Waals surface area contributed by atoms with Crippen LogP contribution in [0.15, 0.2) is 17.5 Å². The second-order valence-corrected chi connectivity index (χ2v) is 5.79. The minimum Gasteiger partial charge on any atom is -0.315 e. The van der Waals surface area contributed by atoms with Crippen LogP contribution in [0.25, 0.3) is 0 Å². The number of thiophene rings is 1. The molecule has 0 spiro atoms. The van der Waals surface area contributed by atoms with Crippen LogP contribution in [0.2, 0.25) is 0 Å². The zero-order chi connectivity index (χ0) is 12.7. The average molecular weight is 254 g/mol. The fraction of sp³-hybridized carbons (Fsp3) is 0.714. The average Bonchev–Trinajstić information content (AvgIpc) is 2.80. The van der Waals surface area contributed by atoms with Crippen molar-refractivity contribution >= 4 is 11.3 Å². The smallest absolute Gasteiger partial charge is 0.0331 e. The normalized spacial score (nSPS) is 13.5. The summed E-state index contributed by atoms with van der Waals surface area (Å²) in [6, 6.07) is 5.00. The summed E-state index contributed by atoms with van der Waals surface area (Å²) in [6.45, 7) is 13.4. The van der Waals surface area contributed by atoms with Gasteiger partial charge in [0.25, 0.3) is 0 Å². The van der Waals surface area contributed by atoms with E-state index in [0.717, 1.165) is 26.2 Å². The second kappa shape index (κ2) is 7.85. The zero-order valence-corrected chi connectivity index (χ0v) is 12.4. The summed E-state index contributed by atoms with van der Waals surface area (Å²) in [5.74, 6) is 0.689. The largest absolute Gasteiger partial charge is 0.315 e. The fourth-order valence-electron chi connectivity index (χ4n) is 2.14. The molecule has 17 heavy (non-hydrogen) atoms. The van der Waals surface area contributed by atoms with Gasteiger partial charge < -0.3 is 5.32 Å². The van der Waals surface area contributed by atoms with Crippen molar-refractivity contribution in [3.05, 3.63) is 22.4 Å². The highest BCUT2D eigenvalue weighted by Gasteiger charge is 2.20. The maximum Gasteiger partial charge on any atom is 0.0331 e. The lowest BCUT2D eigenvalue weighted by Gasteiger charge is -2.33. The van der Waals surface area contributed by atoms with Crippen molar-refractivity contribution in [2.24, 2.45) is 5.92 Å². The van der Waals surface area contributed by atoms with Crippen LogP contribution in [0.3, 0.4) is 0 Å². The highest BCUT2D eigenvalue weighted by molar-refractivity contribution is 7.09. The Morgan fingerprint density at radius 2 is 2.12 bits per heavy atom. The first-order valence-corrected chi connectivity index (χ1v) is 7.54. The molecule has 0 amide bonds. The monoisotopic (exact) mass is 254 g/mol. The lowest BCUT2D eigenvalue weighted by atomic mass is 10.0. The van der Waals surface area contributed by atoms with E-state index in [1.165, 1.54) is 4.88 Å². The predicted molar refractivity (Wildman–Crippen MR) is 77.6 cm³/mol. The fourth-order valence-corrected chi connectivity index (χ4v) is 2.87. The standard InChI is InChI=1S/C14H26N2S/c1-5-15-10-14(12(3)4)16(6-2)11-13-8-7-9-17-13/h7-9,12,14-15H,5-6,10-11H2,1-4H3. The van der Waals surface area contributed by atoms with Crippen LogP contribution in [0, 0.1) is 5.92 Å². The molecule has 0 fully saturated rings. The molecule has 0 radical (unpaired) electrons. The topological polar surface area (TPSA) is 15.3 Å². The van der Waals surface area contributed by atoms with E-state index in [1.54, 1.807) is 0 Å². The van der Waals surface area contributed by atoms with E-state index >= 15 is 0 Å². The molecule has 0 aliphatic heterocycles. The molecule has 0 bridgehead atoms. The molecule has 0 saturated heterocycles. The zero-order valence-electron chi connectivity index (χ0n) is 11.6. The van der Waals surface area contributed by atoms with Gasteiger partial charge in [0.1, 0.15) is 0 Å². The van der Waals surface area contributed by atoms with Gasteiger partial charge in [-0.3, -0.25) is 4.90 Å². The van der Waals surface area contributed by atoms with Gasteiger partial charge in [0.2, 0.25) is 0 Å². The number of nitrogens with one attached hydrogen (secondary N) is 1. The van der Waals surface area contributed by atoms with Crippen LogP contribution in [-0.2, 0) is 6.54 Å². The highest BCUT2D eigenvalue weighted by Crippen LogP contribution is 2.17. The van der Waals surface area contributed by atoms with Gasteiger partial charge in [-0.15, -0.1) is 11.3 Å². The number of nitrogens with zero attached hydrogens (tertiary/aromatic N) is 1. The van der Waals surface area contributed by atoms with Crippen molar-refractivity contribution in [3.8, 4) is 0 Å². The minimum atomic E-state index is 0.627. The Morgan fingerprint density at radius 3 is 2.59 bits per heavy atom. The lowest BCUT2D eigenvalue weighted by Crippen LogP contribution is -2.45. The Bertz CT molecular complexity index is 282. The molecule has 3 heteroatoms. The van der Waals surface area contributed by atoms with E-state index in [-0.39, 0.29) is 0 Å². The van der Waals surface area contributed by atoms with Gasteiger partial charge >= 0.3 is 0 Å². The summed E-state index contributed by atoms with van der Waals surface area (Å²) in [4.78, 5) is 4.05. The molecule has 1 heterocycles. The first-order chi connectivity index (χ1) is 8.19. The van der Waals surface area contributed by atoms with Gasteiger partial charge in [0, 0.05) is 24.0 Å². The second-order valence-electron chi connectivity index (χ2n) is 4.76. The van der Waals surface area contributed by atoms with Crippen molar-refractivity contribution in [3.63, 3.8) is 0 Å². The molecule has 98 valence electrons. The Labute approximate surface area is 110 Å². The Morgan fingerprint density at radius 1 is 1.35 bits per heavy atom. The Balaban J connectivity index is 2.60. The van der Waals surface area contributed by atoms with Crippen LogP contribution in [0.1, 0.15) is 32.6 Å². The third-order valence-corrected chi connectivity index (χ3v) is 4.05. The van der Waals surface area contributed by atoms with Crippen molar-refractivity contribution in [2.45, 2.75) is 40.3 Å². The molecular weight excluding hydrogens is 228 g/mol. The number of rotatable bonds is 8. The first kappa shape index (κ1) is 14.7. The number of hydrogen-bond acceptors (Lipinski definition) is 3. The molecule has 1 atom stereocenters. The molecule has 1 N–H and O–H groups in total. The number of hydrogen-bond donors (Lipinski definition) is 1. The quantitative estimate of drug-likeness (QED) is 0.766.